The van der Waals surface area contributed by atoms with Crippen molar-refractivity contribution in [1.82, 2.24) is 4.90 Å². The molecule has 110 valence electrons. The summed E-state index contributed by atoms with van der Waals surface area (Å²) in [6.45, 7) is 2.45. The smallest absolute Gasteiger partial charge is 0.00579 e. The van der Waals surface area contributed by atoms with Crippen LogP contribution in [0.3, 0.4) is 0 Å². The third-order valence-electron chi connectivity index (χ3n) is 3.52. The van der Waals surface area contributed by atoms with Crippen LogP contribution in [0.15, 0.2) is 17.5 Å². The standard InChI is InChI=1S/C16H29NS2/c1-17(13-11-16-10-9-15-19-16)12-7-5-3-2-4-6-8-14-18/h9-10,15,18H,2-8,11-14H2,1H3. The number of unbranched alkanes of at least 4 members (excludes halogenated alkanes) is 6. The van der Waals surface area contributed by atoms with Crippen molar-refractivity contribution in [2.24, 2.45) is 0 Å². The predicted molar refractivity (Wildman–Crippen MR) is 91.7 cm³/mol. The molecule has 0 saturated carbocycles. The molecular weight excluding hydrogens is 270 g/mol. The number of rotatable bonds is 12. The maximum atomic E-state index is 4.24. The number of nitrogens with zero attached hydrogens (tertiary/aromatic N) is 1. The minimum atomic E-state index is 1.05. The molecule has 3 heteroatoms. The second-order valence-corrected chi connectivity index (χ2v) is 6.81. The summed E-state index contributed by atoms with van der Waals surface area (Å²) in [5, 5.41) is 2.17. The Kier molecular flexibility index (Phi) is 10.6. The van der Waals surface area contributed by atoms with Crippen molar-refractivity contribution in [1.29, 1.82) is 0 Å². The number of likely N-dealkylation sites (N-methyl/N-ethyl adjacent to an activating group) is 1. The molecule has 0 aliphatic carbocycles. The molecule has 0 unspecified atom stereocenters. The normalized spacial score (nSPS) is 11.3. The largest absolute Gasteiger partial charge is 0.306 e. The highest BCUT2D eigenvalue weighted by molar-refractivity contribution is 7.80. The zero-order chi connectivity index (χ0) is 13.8. The van der Waals surface area contributed by atoms with Crippen LogP contribution in [-0.4, -0.2) is 30.8 Å². The molecule has 0 bridgehead atoms. The van der Waals surface area contributed by atoms with Crippen LogP contribution in [0.25, 0.3) is 0 Å². The van der Waals surface area contributed by atoms with E-state index in [9.17, 15) is 0 Å². The Hall–Kier alpha value is 0.01000. The number of hydrogen-bond donors (Lipinski definition) is 1. The van der Waals surface area contributed by atoms with Gasteiger partial charge in [-0.3, -0.25) is 0 Å². The number of thiol groups is 1. The summed E-state index contributed by atoms with van der Waals surface area (Å²) in [5.41, 5.74) is 0. The van der Waals surface area contributed by atoms with Crippen LogP contribution in [0.1, 0.15) is 49.8 Å². The van der Waals surface area contributed by atoms with Crippen LogP contribution >= 0.6 is 24.0 Å². The van der Waals surface area contributed by atoms with E-state index in [1.165, 1.54) is 69.3 Å². The highest BCUT2D eigenvalue weighted by Gasteiger charge is 2.00. The SMILES string of the molecule is CN(CCCCCCCCCS)CCc1cccs1. The van der Waals surface area contributed by atoms with Crippen LogP contribution in [0, 0.1) is 0 Å². The van der Waals surface area contributed by atoms with Gasteiger partial charge in [-0.05, 0) is 50.1 Å². The Bertz CT molecular complexity index is 285. The summed E-state index contributed by atoms with van der Waals surface area (Å²) in [4.78, 5) is 3.98. The molecule has 0 spiro atoms. The second kappa shape index (κ2) is 11.8. The van der Waals surface area contributed by atoms with E-state index >= 15 is 0 Å². The van der Waals surface area contributed by atoms with Gasteiger partial charge in [0.25, 0.3) is 0 Å². The van der Waals surface area contributed by atoms with Gasteiger partial charge in [0.1, 0.15) is 0 Å². The van der Waals surface area contributed by atoms with E-state index in [0.717, 1.165) is 5.75 Å². The van der Waals surface area contributed by atoms with Crippen molar-refractivity contribution in [3.05, 3.63) is 22.4 Å². The van der Waals surface area contributed by atoms with E-state index in [2.05, 4.69) is 42.1 Å². The minimum Gasteiger partial charge on any atom is -0.306 e. The molecule has 0 N–H and O–H groups in total. The fourth-order valence-corrected chi connectivity index (χ4v) is 3.17. The van der Waals surface area contributed by atoms with Crippen molar-refractivity contribution < 1.29 is 0 Å². The summed E-state index contributed by atoms with van der Waals surface area (Å²) in [6, 6.07) is 4.39. The highest BCUT2D eigenvalue weighted by atomic mass is 32.1. The monoisotopic (exact) mass is 299 g/mol. The van der Waals surface area contributed by atoms with Crippen LogP contribution in [0.4, 0.5) is 0 Å². The van der Waals surface area contributed by atoms with Gasteiger partial charge in [-0.15, -0.1) is 11.3 Å². The molecule has 0 aliphatic rings. The second-order valence-electron chi connectivity index (χ2n) is 5.33. The molecule has 1 heterocycles. The van der Waals surface area contributed by atoms with Crippen LogP contribution in [-0.2, 0) is 6.42 Å². The summed E-state index contributed by atoms with van der Waals surface area (Å²) in [7, 11) is 2.25. The van der Waals surface area contributed by atoms with Gasteiger partial charge in [0.05, 0.1) is 0 Å². The van der Waals surface area contributed by atoms with Gasteiger partial charge in [0, 0.05) is 11.4 Å². The first-order valence-electron chi connectivity index (χ1n) is 7.64. The molecular formula is C16H29NS2. The molecule has 1 rings (SSSR count). The van der Waals surface area contributed by atoms with Crippen LogP contribution < -0.4 is 0 Å². The molecule has 0 aromatic carbocycles. The van der Waals surface area contributed by atoms with E-state index in [0.29, 0.717) is 0 Å². The lowest BCUT2D eigenvalue weighted by Gasteiger charge is -2.15. The van der Waals surface area contributed by atoms with Crippen molar-refractivity contribution in [3.8, 4) is 0 Å². The molecule has 0 aliphatic heterocycles. The lowest BCUT2D eigenvalue weighted by Crippen LogP contribution is -2.22. The van der Waals surface area contributed by atoms with E-state index in [1.54, 1.807) is 0 Å². The van der Waals surface area contributed by atoms with Crippen LogP contribution in [0.2, 0.25) is 0 Å². The third kappa shape index (κ3) is 9.53. The lowest BCUT2D eigenvalue weighted by molar-refractivity contribution is 0.328. The van der Waals surface area contributed by atoms with Gasteiger partial charge in [-0.2, -0.15) is 12.6 Å². The van der Waals surface area contributed by atoms with Crippen molar-refractivity contribution in [2.45, 2.75) is 51.4 Å². The zero-order valence-electron chi connectivity index (χ0n) is 12.3. The van der Waals surface area contributed by atoms with Crippen LogP contribution in [0.5, 0.6) is 0 Å². The van der Waals surface area contributed by atoms with Crippen molar-refractivity contribution in [2.75, 3.05) is 25.9 Å². The molecule has 0 atom stereocenters. The molecule has 0 amide bonds. The van der Waals surface area contributed by atoms with E-state index in [4.69, 9.17) is 0 Å². The predicted octanol–water partition coefficient (Wildman–Crippen LogP) is 4.88. The quantitative estimate of drug-likeness (QED) is 0.425. The fourth-order valence-electron chi connectivity index (χ4n) is 2.25. The molecule has 1 aromatic heterocycles. The third-order valence-corrected chi connectivity index (χ3v) is 4.77. The zero-order valence-corrected chi connectivity index (χ0v) is 14.0. The Morgan fingerprint density at radius 1 is 1.00 bits per heavy atom. The summed E-state index contributed by atoms with van der Waals surface area (Å²) < 4.78 is 0. The molecule has 0 saturated heterocycles. The Morgan fingerprint density at radius 3 is 2.32 bits per heavy atom. The summed E-state index contributed by atoms with van der Waals surface area (Å²) in [5.74, 6) is 1.05. The number of thiophene rings is 1. The van der Waals surface area contributed by atoms with E-state index < -0.39 is 0 Å². The first-order chi connectivity index (χ1) is 9.33. The topological polar surface area (TPSA) is 3.24 Å². The molecule has 0 radical (unpaired) electrons. The van der Waals surface area contributed by atoms with Gasteiger partial charge in [0.15, 0.2) is 0 Å². The van der Waals surface area contributed by atoms with Gasteiger partial charge >= 0.3 is 0 Å². The summed E-state index contributed by atoms with van der Waals surface area (Å²) in [6.07, 6.45) is 10.8. The van der Waals surface area contributed by atoms with E-state index in [-0.39, 0.29) is 0 Å². The molecule has 0 fully saturated rings. The molecule has 19 heavy (non-hydrogen) atoms. The van der Waals surface area contributed by atoms with Gasteiger partial charge < -0.3 is 4.90 Å². The summed E-state index contributed by atoms with van der Waals surface area (Å²) >= 11 is 6.11. The van der Waals surface area contributed by atoms with Crippen molar-refractivity contribution >= 4 is 24.0 Å². The molecule has 1 nitrogen and oxygen atoms in total. The number of hydrogen-bond acceptors (Lipinski definition) is 3. The van der Waals surface area contributed by atoms with Gasteiger partial charge in [0.2, 0.25) is 0 Å². The minimum absolute atomic E-state index is 1.05. The Morgan fingerprint density at radius 2 is 1.68 bits per heavy atom. The maximum Gasteiger partial charge on any atom is 0.00579 e. The Labute approximate surface area is 128 Å². The molecule has 1 aromatic rings. The van der Waals surface area contributed by atoms with Gasteiger partial charge in [-0.1, -0.05) is 38.2 Å². The lowest BCUT2D eigenvalue weighted by atomic mass is 10.1. The average Bonchev–Trinajstić information content (AvgIpc) is 2.93. The fraction of sp³-hybridized carbons (Fsp3) is 0.750. The first-order valence-corrected chi connectivity index (χ1v) is 9.16. The Balaban J connectivity index is 1.86. The maximum absolute atomic E-state index is 4.24. The van der Waals surface area contributed by atoms with E-state index in [1.807, 2.05) is 11.3 Å². The average molecular weight is 300 g/mol. The van der Waals surface area contributed by atoms with Crippen molar-refractivity contribution in [3.63, 3.8) is 0 Å². The van der Waals surface area contributed by atoms with Gasteiger partial charge in [-0.25, -0.2) is 0 Å². The highest BCUT2D eigenvalue weighted by Crippen LogP contribution is 2.10. The first kappa shape index (κ1) is 17.1.